The van der Waals surface area contributed by atoms with Gasteiger partial charge in [-0.05, 0) is 12.1 Å². The van der Waals surface area contributed by atoms with E-state index in [0.29, 0.717) is 0 Å². The number of hydrogen-bond acceptors (Lipinski definition) is 3. The molecule has 1 aliphatic rings. The first-order chi connectivity index (χ1) is 7.45. The van der Waals surface area contributed by atoms with Crippen molar-refractivity contribution in [2.45, 2.75) is 20.4 Å². The zero-order chi connectivity index (χ0) is 10.9. The Morgan fingerprint density at radius 3 is 2.60 bits per heavy atom. The third-order valence-corrected chi connectivity index (χ3v) is 2.22. The van der Waals surface area contributed by atoms with E-state index in [9.17, 15) is 0 Å². The topological polar surface area (TPSA) is 25.4 Å². The monoisotopic (exact) mass is 208 g/mol. The highest BCUT2D eigenvalue weighted by atomic mass is 16.5. The predicted molar refractivity (Wildman–Crippen MR) is 61.7 cm³/mol. The Balaban J connectivity index is 0.000000531. The molecule has 0 bridgehead atoms. The average molecular weight is 208 g/mol. The van der Waals surface area contributed by atoms with Crippen LogP contribution in [-0.2, 0) is 11.3 Å². The summed E-state index contributed by atoms with van der Waals surface area (Å²) in [4.78, 5) is 6.66. The van der Waals surface area contributed by atoms with Crippen molar-refractivity contribution in [2.75, 3.05) is 26.3 Å². The molecule has 1 fully saturated rings. The van der Waals surface area contributed by atoms with Gasteiger partial charge in [0.15, 0.2) is 0 Å². The Morgan fingerprint density at radius 2 is 2.00 bits per heavy atom. The summed E-state index contributed by atoms with van der Waals surface area (Å²) in [7, 11) is 0. The summed E-state index contributed by atoms with van der Waals surface area (Å²) < 4.78 is 5.28. The predicted octanol–water partition coefficient (Wildman–Crippen LogP) is 1.94. The van der Waals surface area contributed by atoms with Gasteiger partial charge in [-0.3, -0.25) is 9.88 Å². The summed E-state index contributed by atoms with van der Waals surface area (Å²) in [5, 5.41) is 0. The van der Waals surface area contributed by atoms with E-state index < -0.39 is 0 Å². The van der Waals surface area contributed by atoms with Crippen molar-refractivity contribution >= 4 is 0 Å². The van der Waals surface area contributed by atoms with E-state index in [1.165, 1.54) is 0 Å². The highest BCUT2D eigenvalue weighted by Gasteiger charge is 2.10. The van der Waals surface area contributed by atoms with E-state index in [4.69, 9.17) is 4.74 Å². The van der Waals surface area contributed by atoms with Crippen molar-refractivity contribution in [1.29, 1.82) is 0 Å². The van der Waals surface area contributed by atoms with Crippen LogP contribution in [0.2, 0.25) is 0 Å². The summed E-state index contributed by atoms with van der Waals surface area (Å²) in [6, 6.07) is 6.04. The van der Waals surface area contributed by atoms with Gasteiger partial charge in [0.2, 0.25) is 0 Å². The minimum absolute atomic E-state index is 0.854. The Kier molecular flexibility index (Phi) is 5.97. The summed E-state index contributed by atoms with van der Waals surface area (Å²) in [5.41, 5.74) is 1.14. The molecule has 0 aromatic carbocycles. The maximum atomic E-state index is 5.28. The number of hydrogen-bond donors (Lipinski definition) is 0. The number of ether oxygens (including phenoxy) is 1. The van der Waals surface area contributed by atoms with Crippen LogP contribution in [0.25, 0.3) is 0 Å². The van der Waals surface area contributed by atoms with Gasteiger partial charge in [-0.15, -0.1) is 0 Å². The van der Waals surface area contributed by atoms with Crippen LogP contribution in [0.1, 0.15) is 19.5 Å². The van der Waals surface area contributed by atoms with Gasteiger partial charge in [-0.1, -0.05) is 19.9 Å². The van der Waals surface area contributed by atoms with Crippen LogP contribution in [-0.4, -0.2) is 36.2 Å². The van der Waals surface area contributed by atoms with Crippen LogP contribution >= 0.6 is 0 Å². The maximum absolute atomic E-state index is 5.28. The number of nitrogens with zero attached hydrogens (tertiary/aromatic N) is 2. The number of pyridine rings is 1. The van der Waals surface area contributed by atoms with Crippen molar-refractivity contribution in [3.05, 3.63) is 30.1 Å². The Labute approximate surface area is 92.1 Å². The van der Waals surface area contributed by atoms with Crippen LogP contribution < -0.4 is 0 Å². The lowest BCUT2D eigenvalue weighted by atomic mass is 10.3. The van der Waals surface area contributed by atoms with E-state index in [-0.39, 0.29) is 0 Å². The molecule has 1 aromatic heterocycles. The second-order valence-corrected chi connectivity index (χ2v) is 3.21. The summed E-state index contributed by atoms with van der Waals surface area (Å²) >= 11 is 0. The lowest BCUT2D eigenvalue weighted by Crippen LogP contribution is -2.35. The molecule has 84 valence electrons. The molecule has 0 radical (unpaired) electrons. The highest BCUT2D eigenvalue weighted by molar-refractivity contribution is 5.03. The Hall–Kier alpha value is -0.930. The van der Waals surface area contributed by atoms with Gasteiger partial charge in [0.25, 0.3) is 0 Å². The first kappa shape index (κ1) is 12.1. The third kappa shape index (κ3) is 4.40. The fourth-order valence-electron chi connectivity index (χ4n) is 1.48. The van der Waals surface area contributed by atoms with Gasteiger partial charge in [0.05, 0.1) is 18.9 Å². The highest BCUT2D eigenvalue weighted by Crippen LogP contribution is 2.03. The number of morpholine rings is 1. The van der Waals surface area contributed by atoms with Crippen LogP contribution in [0, 0.1) is 0 Å². The zero-order valence-corrected chi connectivity index (χ0v) is 9.65. The molecule has 3 nitrogen and oxygen atoms in total. The first-order valence-corrected chi connectivity index (χ1v) is 5.65. The third-order valence-electron chi connectivity index (χ3n) is 2.22. The van der Waals surface area contributed by atoms with E-state index in [2.05, 4.69) is 16.0 Å². The molecule has 0 atom stereocenters. The van der Waals surface area contributed by atoms with Crippen molar-refractivity contribution in [3.8, 4) is 0 Å². The Morgan fingerprint density at radius 1 is 1.27 bits per heavy atom. The van der Waals surface area contributed by atoms with Crippen LogP contribution in [0.15, 0.2) is 24.4 Å². The molecule has 0 N–H and O–H groups in total. The SMILES string of the molecule is CC.c1ccc(CN2CCOCC2)nc1. The van der Waals surface area contributed by atoms with Crippen molar-refractivity contribution in [2.24, 2.45) is 0 Å². The molecule has 0 saturated carbocycles. The lowest BCUT2D eigenvalue weighted by molar-refractivity contribution is 0.0336. The summed E-state index contributed by atoms with van der Waals surface area (Å²) in [5.74, 6) is 0. The summed E-state index contributed by atoms with van der Waals surface area (Å²) in [6.45, 7) is 8.71. The minimum atomic E-state index is 0.854. The molecule has 0 spiro atoms. The van der Waals surface area contributed by atoms with E-state index in [0.717, 1.165) is 38.5 Å². The number of aromatic nitrogens is 1. The van der Waals surface area contributed by atoms with Gasteiger partial charge >= 0.3 is 0 Å². The molecule has 1 saturated heterocycles. The van der Waals surface area contributed by atoms with Crippen LogP contribution in [0.3, 0.4) is 0 Å². The van der Waals surface area contributed by atoms with Gasteiger partial charge in [0.1, 0.15) is 0 Å². The van der Waals surface area contributed by atoms with Gasteiger partial charge in [-0.25, -0.2) is 0 Å². The first-order valence-electron chi connectivity index (χ1n) is 5.65. The smallest absolute Gasteiger partial charge is 0.0594 e. The maximum Gasteiger partial charge on any atom is 0.0594 e. The molecule has 15 heavy (non-hydrogen) atoms. The van der Waals surface area contributed by atoms with Gasteiger partial charge in [-0.2, -0.15) is 0 Å². The fourth-order valence-corrected chi connectivity index (χ4v) is 1.48. The van der Waals surface area contributed by atoms with Crippen LogP contribution in [0.4, 0.5) is 0 Å². The van der Waals surface area contributed by atoms with Gasteiger partial charge < -0.3 is 4.74 Å². The number of rotatable bonds is 2. The van der Waals surface area contributed by atoms with E-state index in [1.54, 1.807) is 0 Å². The Bertz CT molecular complexity index is 245. The molecule has 0 amide bonds. The molecule has 0 aliphatic carbocycles. The van der Waals surface area contributed by atoms with Crippen molar-refractivity contribution in [1.82, 2.24) is 9.88 Å². The molecule has 1 aromatic rings. The van der Waals surface area contributed by atoms with Gasteiger partial charge in [0, 0.05) is 25.8 Å². The lowest BCUT2D eigenvalue weighted by Gasteiger charge is -2.25. The minimum Gasteiger partial charge on any atom is -0.379 e. The quantitative estimate of drug-likeness (QED) is 0.742. The van der Waals surface area contributed by atoms with Crippen molar-refractivity contribution in [3.63, 3.8) is 0 Å². The molecule has 3 heteroatoms. The van der Waals surface area contributed by atoms with Crippen LogP contribution in [0.5, 0.6) is 0 Å². The normalized spacial score (nSPS) is 16.7. The second kappa shape index (κ2) is 7.37. The standard InChI is InChI=1S/C10H14N2O.C2H6/c1-2-4-11-10(3-1)9-12-5-7-13-8-6-12;1-2/h1-4H,5-9H2;1-2H3. The zero-order valence-electron chi connectivity index (χ0n) is 9.65. The molecule has 2 rings (SSSR count). The van der Waals surface area contributed by atoms with Crippen molar-refractivity contribution < 1.29 is 4.74 Å². The second-order valence-electron chi connectivity index (χ2n) is 3.21. The summed E-state index contributed by atoms with van der Waals surface area (Å²) in [6.07, 6.45) is 1.84. The molecular formula is C12H20N2O. The molecule has 2 heterocycles. The molecule has 0 unspecified atom stereocenters. The molecular weight excluding hydrogens is 188 g/mol. The fraction of sp³-hybridized carbons (Fsp3) is 0.583. The largest absolute Gasteiger partial charge is 0.379 e. The van der Waals surface area contributed by atoms with E-state index in [1.807, 2.05) is 32.2 Å². The average Bonchev–Trinajstić information content (AvgIpc) is 2.34. The molecule has 1 aliphatic heterocycles. The van der Waals surface area contributed by atoms with E-state index >= 15 is 0 Å².